The average Bonchev–Trinajstić information content (AvgIpc) is 2.45. The van der Waals surface area contributed by atoms with E-state index in [0.29, 0.717) is 5.69 Å². The molecule has 2 rings (SSSR count). The summed E-state index contributed by atoms with van der Waals surface area (Å²) in [5.74, 6) is -0.926. The molecular weight excluding hydrogens is 298 g/mol. The van der Waals surface area contributed by atoms with Crippen molar-refractivity contribution in [1.29, 1.82) is 0 Å². The van der Waals surface area contributed by atoms with Crippen molar-refractivity contribution in [3.05, 3.63) is 59.2 Å². The molecule has 2 N–H and O–H groups in total. The Hall–Kier alpha value is -2.29. The molecule has 0 fully saturated rings. The quantitative estimate of drug-likeness (QED) is 0.758. The predicted octanol–water partition coefficient (Wildman–Crippen LogP) is 5.72. The van der Waals surface area contributed by atoms with Crippen LogP contribution in [0.4, 0.5) is 11.4 Å². The molecular formula is C21H27NO2. The van der Waals surface area contributed by atoms with Crippen LogP contribution in [0, 0.1) is 0 Å². The van der Waals surface area contributed by atoms with Crippen molar-refractivity contribution in [2.75, 3.05) is 5.32 Å². The Morgan fingerprint density at radius 3 is 2.00 bits per heavy atom. The van der Waals surface area contributed by atoms with Gasteiger partial charge in [0.15, 0.2) is 0 Å². The first-order chi connectivity index (χ1) is 11.0. The number of benzene rings is 2. The molecule has 0 aliphatic carbocycles. The zero-order valence-electron chi connectivity index (χ0n) is 15.4. The van der Waals surface area contributed by atoms with Gasteiger partial charge in [-0.2, -0.15) is 0 Å². The first kappa shape index (κ1) is 18.1. The number of carbonyl (C=O) groups is 1. The van der Waals surface area contributed by atoms with E-state index in [-0.39, 0.29) is 16.4 Å². The fourth-order valence-corrected chi connectivity index (χ4v) is 2.52. The summed E-state index contributed by atoms with van der Waals surface area (Å²) in [6.45, 7) is 12.8. The van der Waals surface area contributed by atoms with Gasteiger partial charge in [-0.05, 0) is 46.2 Å². The van der Waals surface area contributed by atoms with Crippen molar-refractivity contribution in [1.82, 2.24) is 0 Å². The third-order valence-corrected chi connectivity index (χ3v) is 4.12. The van der Waals surface area contributed by atoms with Gasteiger partial charge in [0, 0.05) is 5.69 Å². The lowest BCUT2D eigenvalue weighted by molar-refractivity contribution is 0.0698. The summed E-state index contributed by atoms with van der Waals surface area (Å²) in [7, 11) is 0. The van der Waals surface area contributed by atoms with Crippen LogP contribution < -0.4 is 5.32 Å². The summed E-state index contributed by atoms with van der Waals surface area (Å²) >= 11 is 0. The maximum absolute atomic E-state index is 11.6. The van der Waals surface area contributed by atoms with Gasteiger partial charge in [0.2, 0.25) is 0 Å². The maximum Gasteiger partial charge on any atom is 0.337 e. The minimum absolute atomic E-state index is 0.0410. The summed E-state index contributed by atoms with van der Waals surface area (Å²) in [5.41, 5.74) is 4.11. The molecule has 2 aromatic rings. The SMILES string of the molecule is CC(C)(C)c1cccc(Nc2cc(C(C)(C)C)ccc2C(=O)O)c1. The molecule has 0 heterocycles. The van der Waals surface area contributed by atoms with Gasteiger partial charge >= 0.3 is 5.97 Å². The Balaban J connectivity index is 2.46. The lowest BCUT2D eigenvalue weighted by atomic mass is 9.86. The number of hydrogen-bond acceptors (Lipinski definition) is 2. The molecule has 0 unspecified atom stereocenters. The van der Waals surface area contributed by atoms with E-state index in [2.05, 4.69) is 59.0 Å². The molecule has 0 aliphatic rings. The number of hydrogen-bond donors (Lipinski definition) is 2. The molecule has 0 bridgehead atoms. The monoisotopic (exact) mass is 325 g/mol. The van der Waals surface area contributed by atoms with Crippen LogP contribution in [0.1, 0.15) is 63.0 Å². The van der Waals surface area contributed by atoms with E-state index in [1.807, 2.05) is 24.3 Å². The average molecular weight is 325 g/mol. The fourth-order valence-electron chi connectivity index (χ4n) is 2.52. The molecule has 0 aromatic heterocycles. The molecule has 0 atom stereocenters. The van der Waals surface area contributed by atoms with Crippen LogP contribution in [0.3, 0.4) is 0 Å². The Morgan fingerprint density at radius 1 is 0.875 bits per heavy atom. The van der Waals surface area contributed by atoms with Gasteiger partial charge in [-0.3, -0.25) is 0 Å². The third-order valence-electron chi connectivity index (χ3n) is 4.12. The molecule has 0 saturated carbocycles. The lowest BCUT2D eigenvalue weighted by Crippen LogP contribution is -2.13. The Kier molecular flexibility index (Phi) is 4.75. The molecule has 3 heteroatoms. The summed E-state index contributed by atoms with van der Waals surface area (Å²) in [5, 5.41) is 12.8. The molecule has 0 radical (unpaired) electrons. The van der Waals surface area contributed by atoms with E-state index in [1.54, 1.807) is 6.07 Å². The predicted molar refractivity (Wildman–Crippen MR) is 101 cm³/mol. The standard InChI is InChI=1S/C21H27NO2/c1-20(2,3)14-8-7-9-16(12-14)22-18-13-15(21(4,5)6)10-11-17(18)19(23)24/h7-13,22H,1-6H3,(H,23,24). The van der Waals surface area contributed by atoms with Gasteiger partial charge < -0.3 is 10.4 Å². The highest BCUT2D eigenvalue weighted by atomic mass is 16.4. The van der Waals surface area contributed by atoms with E-state index in [4.69, 9.17) is 0 Å². The van der Waals surface area contributed by atoms with Crippen molar-refractivity contribution >= 4 is 17.3 Å². The number of carboxylic acids is 1. The summed E-state index contributed by atoms with van der Waals surface area (Å²) in [4.78, 5) is 11.6. The topological polar surface area (TPSA) is 49.3 Å². The Bertz CT molecular complexity index is 749. The van der Waals surface area contributed by atoms with Gasteiger partial charge in [0.05, 0.1) is 11.3 Å². The van der Waals surface area contributed by atoms with Crippen molar-refractivity contribution < 1.29 is 9.90 Å². The zero-order valence-corrected chi connectivity index (χ0v) is 15.4. The smallest absolute Gasteiger partial charge is 0.337 e. The number of rotatable bonds is 3. The van der Waals surface area contributed by atoms with Crippen molar-refractivity contribution in [2.45, 2.75) is 52.4 Å². The van der Waals surface area contributed by atoms with Crippen LogP contribution in [-0.4, -0.2) is 11.1 Å². The van der Waals surface area contributed by atoms with Gasteiger partial charge in [-0.1, -0.05) is 59.7 Å². The van der Waals surface area contributed by atoms with Crippen LogP contribution in [0.2, 0.25) is 0 Å². The molecule has 0 amide bonds. The van der Waals surface area contributed by atoms with Crippen molar-refractivity contribution in [2.24, 2.45) is 0 Å². The van der Waals surface area contributed by atoms with Crippen LogP contribution >= 0.6 is 0 Å². The third kappa shape index (κ3) is 4.16. The van der Waals surface area contributed by atoms with Gasteiger partial charge in [0.1, 0.15) is 0 Å². The van der Waals surface area contributed by atoms with Crippen LogP contribution in [-0.2, 0) is 10.8 Å². The van der Waals surface area contributed by atoms with Crippen LogP contribution in [0.5, 0.6) is 0 Å². The molecule has 24 heavy (non-hydrogen) atoms. The lowest BCUT2D eigenvalue weighted by Gasteiger charge is -2.22. The largest absolute Gasteiger partial charge is 0.478 e. The second-order valence-corrected chi connectivity index (χ2v) is 8.27. The van der Waals surface area contributed by atoms with Crippen molar-refractivity contribution in [3.63, 3.8) is 0 Å². The number of aromatic carboxylic acids is 1. The van der Waals surface area contributed by atoms with Gasteiger partial charge in [-0.25, -0.2) is 4.79 Å². The number of carboxylic acid groups (broad SMARTS) is 1. The van der Waals surface area contributed by atoms with E-state index in [0.717, 1.165) is 11.3 Å². The maximum atomic E-state index is 11.6. The molecule has 128 valence electrons. The van der Waals surface area contributed by atoms with E-state index in [1.165, 1.54) is 5.56 Å². The second-order valence-electron chi connectivity index (χ2n) is 8.27. The Labute approximate surface area is 144 Å². The van der Waals surface area contributed by atoms with Gasteiger partial charge in [0.25, 0.3) is 0 Å². The van der Waals surface area contributed by atoms with Crippen molar-refractivity contribution in [3.8, 4) is 0 Å². The zero-order chi connectivity index (χ0) is 18.1. The first-order valence-electron chi connectivity index (χ1n) is 8.24. The van der Waals surface area contributed by atoms with E-state index < -0.39 is 5.97 Å². The van der Waals surface area contributed by atoms with E-state index >= 15 is 0 Å². The Morgan fingerprint density at radius 2 is 1.46 bits per heavy atom. The first-order valence-corrected chi connectivity index (χ1v) is 8.24. The minimum atomic E-state index is -0.926. The molecule has 0 aliphatic heterocycles. The van der Waals surface area contributed by atoms with Gasteiger partial charge in [-0.15, -0.1) is 0 Å². The highest BCUT2D eigenvalue weighted by Gasteiger charge is 2.19. The number of anilines is 2. The highest BCUT2D eigenvalue weighted by Crippen LogP contribution is 2.31. The second kappa shape index (κ2) is 6.31. The summed E-state index contributed by atoms with van der Waals surface area (Å²) in [6.07, 6.45) is 0. The normalized spacial score (nSPS) is 12.1. The highest BCUT2D eigenvalue weighted by molar-refractivity contribution is 5.95. The minimum Gasteiger partial charge on any atom is -0.478 e. The van der Waals surface area contributed by atoms with Crippen LogP contribution in [0.25, 0.3) is 0 Å². The molecule has 0 spiro atoms. The molecule has 0 saturated heterocycles. The number of nitrogens with one attached hydrogen (secondary N) is 1. The van der Waals surface area contributed by atoms with E-state index in [9.17, 15) is 9.90 Å². The summed E-state index contributed by atoms with van der Waals surface area (Å²) < 4.78 is 0. The molecule has 3 nitrogen and oxygen atoms in total. The van der Waals surface area contributed by atoms with Crippen LogP contribution in [0.15, 0.2) is 42.5 Å². The molecule has 2 aromatic carbocycles. The summed E-state index contributed by atoms with van der Waals surface area (Å²) in [6, 6.07) is 13.6. The fraction of sp³-hybridized carbons (Fsp3) is 0.381.